The number of rotatable bonds is 6. The van der Waals surface area contributed by atoms with Crippen LogP contribution in [0.1, 0.15) is 45.2 Å². The fourth-order valence-corrected chi connectivity index (χ4v) is 2.13. The van der Waals surface area contributed by atoms with Gasteiger partial charge in [-0.1, -0.05) is 19.9 Å². The monoisotopic (exact) mass is 222 g/mol. The summed E-state index contributed by atoms with van der Waals surface area (Å²) in [5.74, 6) is 0. The molecule has 3 heteroatoms. The Labute approximate surface area is 98.0 Å². The number of aromatic nitrogens is 1. The molecule has 0 radical (unpaired) electrons. The van der Waals surface area contributed by atoms with Gasteiger partial charge in [-0.05, 0) is 31.4 Å². The Morgan fingerprint density at radius 3 is 2.50 bits per heavy atom. The summed E-state index contributed by atoms with van der Waals surface area (Å²) in [6.45, 7) is 6.94. The normalized spacial score (nSPS) is 13.8. The summed E-state index contributed by atoms with van der Waals surface area (Å²) in [4.78, 5) is 4.11. The highest BCUT2D eigenvalue weighted by atomic mass is 16.5. The summed E-state index contributed by atoms with van der Waals surface area (Å²) in [5, 5.41) is 0. The lowest BCUT2D eigenvalue weighted by atomic mass is 9.85. The second-order valence-electron chi connectivity index (χ2n) is 3.97. The van der Waals surface area contributed by atoms with Crippen molar-refractivity contribution in [1.82, 2.24) is 4.98 Å². The first-order chi connectivity index (χ1) is 7.70. The van der Waals surface area contributed by atoms with Crippen molar-refractivity contribution in [3.8, 4) is 0 Å². The number of nitrogens with zero attached hydrogens (tertiary/aromatic N) is 1. The van der Waals surface area contributed by atoms with E-state index in [1.807, 2.05) is 25.3 Å². The minimum absolute atomic E-state index is 0.115. The van der Waals surface area contributed by atoms with Crippen LogP contribution in [-0.4, -0.2) is 17.2 Å². The second kappa shape index (κ2) is 5.97. The Bertz CT molecular complexity index is 296. The zero-order valence-electron chi connectivity index (χ0n) is 10.4. The van der Waals surface area contributed by atoms with E-state index in [4.69, 9.17) is 10.5 Å². The maximum absolute atomic E-state index is 6.32. The highest BCUT2D eigenvalue weighted by molar-refractivity contribution is 5.17. The van der Waals surface area contributed by atoms with Crippen molar-refractivity contribution < 1.29 is 4.74 Å². The standard InChI is InChI=1S/C13H22N2O/c1-4-13(5-2,16-6-3)12(14)11-8-7-9-15-10-11/h7-10,12H,4-6,14H2,1-3H3. The molecule has 1 atom stereocenters. The third-order valence-electron chi connectivity index (χ3n) is 3.24. The maximum Gasteiger partial charge on any atom is 0.0869 e. The molecule has 1 aromatic rings. The van der Waals surface area contributed by atoms with Crippen LogP contribution in [0.25, 0.3) is 0 Å². The van der Waals surface area contributed by atoms with E-state index in [9.17, 15) is 0 Å². The summed E-state index contributed by atoms with van der Waals surface area (Å²) < 4.78 is 5.89. The summed E-state index contributed by atoms with van der Waals surface area (Å²) >= 11 is 0. The van der Waals surface area contributed by atoms with Gasteiger partial charge in [0.25, 0.3) is 0 Å². The number of hydrogen-bond acceptors (Lipinski definition) is 3. The van der Waals surface area contributed by atoms with Crippen LogP contribution in [0.2, 0.25) is 0 Å². The van der Waals surface area contributed by atoms with E-state index >= 15 is 0 Å². The third kappa shape index (κ3) is 2.60. The molecule has 3 nitrogen and oxygen atoms in total. The van der Waals surface area contributed by atoms with Crippen molar-refractivity contribution in [2.75, 3.05) is 6.61 Å². The molecule has 0 aliphatic heterocycles. The first kappa shape index (κ1) is 13.1. The molecule has 1 aromatic heterocycles. The minimum atomic E-state index is -0.266. The fraction of sp³-hybridized carbons (Fsp3) is 0.615. The maximum atomic E-state index is 6.32. The van der Waals surface area contributed by atoms with Crippen molar-refractivity contribution in [1.29, 1.82) is 0 Å². The van der Waals surface area contributed by atoms with Gasteiger partial charge in [-0.2, -0.15) is 0 Å². The Morgan fingerprint density at radius 1 is 1.38 bits per heavy atom. The van der Waals surface area contributed by atoms with Crippen molar-refractivity contribution in [2.45, 2.75) is 45.3 Å². The summed E-state index contributed by atoms with van der Waals surface area (Å²) in [5.41, 5.74) is 7.09. The van der Waals surface area contributed by atoms with Gasteiger partial charge in [-0.3, -0.25) is 4.98 Å². The van der Waals surface area contributed by atoms with Gasteiger partial charge >= 0.3 is 0 Å². The molecule has 90 valence electrons. The molecular weight excluding hydrogens is 200 g/mol. The molecule has 16 heavy (non-hydrogen) atoms. The smallest absolute Gasteiger partial charge is 0.0869 e. The van der Waals surface area contributed by atoms with Gasteiger partial charge in [-0.25, -0.2) is 0 Å². The van der Waals surface area contributed by atoms with Gasteiger partial charge in [0.05, 0.1) is 11.6 Å². The van der Waals surface area contributed by atoms with Gasteiger partial charge < -0.3 is 10.5 Å². The van der Waals surface area contributed by atoms with Crippen LogP contribution < -0.4 is 5.73 Å². The van der Waals surface area contributed by atoms with Crippen molar-refractivity contribution in [2.24, 2.45) is 5.73 Å². The number of hydrogen-bond donors (Lipinski definition) is 1. The molecule has 0 saturated carbocycles. The van der Waals surface area contributed by atoms with Crippen molar-refractivity contribution in [3.63, 3.8) is 0 Å². The fourth-order valence-electron chi connectivity index (χ4n) is 2.13. The first-order valence-corrected chi connectivity index (χ1v) is 5.99. The van der Waals surface area contributed by atoms with Crippen molar-refractivity contribution >= 4 is 0 Å². The van der Waals surface area contributed by atoms with E-state index in [2.05, 4.69) is 18.8 Å². The first-order valence-electron chi connectivity index (χ1n) is 5.99. The molecular formula is C13H22N2O. The Hall–Kier alpha value is -0.930. The SMILES string of the molecule is CCOC(CC)(CC)C(N)c1cccnc1. The molecule has 0 spiro atoms. The lowest BCUT2D eigenvalue weighted by Crippen LogP contribution is -2.43. The Balaban J connectivity index is 2.95. The van der Waals surface area contributed by atoms with Crippen LogP contribution in [0.3, 0.4) is 0 Å². The molecule has 1 rings (SSSR count). The van der Waals surface area contributed by atoms with Crippen molar-refractivity contribution in [3.05, 3.63) is 30.1 Å². The van der Waals surface area contributed by atoms with E-state index in [0.29, 0.717) is 6.61 Å². The van der Waals surface area contributed by atoms with Gasteiger partial charge in [-0.15, -0.1) is 0 Å². The number of ether oxygens (including phenoxy) is 1. The molecule has 0 aliphatic rings. The van der Waals surface area contributed by atoms with Crippen LogP contribution in [0.4, 0.5) is 0 Å². The predicted octanol–water partition coefficient (Wildman–Crippen LogP) is 2.68. The summed E-state index contributed by atoms with van der Waals surface area (Å²) in [6, 6.07) is 3.81. The highest BCUT2D eigenvalue weighted by Crippen LogP contribution is 2.33. The van der Waals surface area contributed by atoms with Crippen LogP contribution in [0, 0.1) is 0 Å². The van der Waals surface area contributed by atoms with Crippen LogP contribution in [-0.2, 0) is 4.74 Å². The average molecular weight is 222 g/mol. The van der Waals surface area contributed by atoms with Crippen LogP contribution in [0.15, 0.2) is 24.5 Å². The third-order valence-corrected chi connectivity index (χ3v) is 3.24. The van der Waals surface area contributed by atoms with E-state index in [1.54, 1.807) is 6.20 Å². The van der Waals surface area contributed by atoms with Gasteiger partial charge in [0.1, 0.15) is 0 Å². The zero-order valence-corrected chi connectivity index (χ0v) is 10.4. The Kier molecular flexibility index (Phi) is 4.90. The molecule has 0 fully saturated rings. The van der Waals surface area contributed by atoms with Gasteiger partial charge in [0.2, 0.25) is 0 Å². The predicted molar refractivity (Wildman–Crippen MR) is 66.1 cm³/mol. The molecule has 0 aliphatic carbocycles. The van der Waals surface area contributed by atoms with E-state index in [-0.39, 0.29) is 11.6 Å². The average Bonchev–Trinajstić information content (AvgIpc) is 2.36. The number of nitrogens with two attached hydrogens (primary N) is 1. The summed E-state index contributed by atoms with van der Waals surface area (Å²) in [6.07, 6.45) is 5.40. The lowest BCUT2D eigenvalue weighted by molar-refractivity contribution is -0.0646. The van der Waals surface area contributed by atoms with Gasteiger partial charge in [0, 0.05) is 19.0 Å². The highest BCUT2D eigenvalue weighted by Gasteiger charge is 2.35. The van der Waals surface area contributed by atoms with E-state index < -0.39 is 0 Å². The molecule has 0 amide bonds. The second-order valence-corrected chi connectivity index (χ2v) is 3.97. The molecule has 0 bridgehead atoms. The molecule has 1 unspecified atom stereocenters. The summed E-state index contributed by atoms with van der Waals surface area (Å²) in [7, 11) is 0. The van der Waals surface area contributed by atoms with E-state index in [0.717, 1.165) is 18.4 Å². The lowest BCUT2D eigenvalue weighted by Gasteiger charge is -2.37. The molecule has 0 saturated heterocycles. The van der Waals surface area contributed by atoms with Crippen LogP contribution in [0.5, 0.6) is 0 Å². The zero-order chi connectivity index (χ0) is 12.0. The van der Waals surface area contributed by atoms with Crippen LogP contribution >= 0.6 is 0 Å². The largest absolute Gasteiger partial charge is 0.373 e. The molecule has 1 heterocycles. The number of pyridine rings is 1. The van der Waals surface area contributed by atoms with Gasteiger partial charge in [0.15, 0.2) is 0 Å². The quantitative estimate of drug-likeness (QED) is 0.805. The topological polar surface area (TPSA) is 48.1 Å². The minimum Gasteiger partial charge on any atom is -0.373 e. The Morgan fingerprint density at radius 2 is 2.06 bits per heavy atom. The molecule has 2 N–H and O–H groups in total. The van der Waals surface area contributed by atoms with E-state index in [1.165, 1.54) is 0 Å². The molecule has 0 aromatic carbocycles.